The van der Waals surface area contributed by atoms with Gasteiger partial charge in [0, 0.05) is 25.7 Å². The average Bonchev–Trinajstić information content (AvgIpc) is 2.35. The quantitative estimate of drug-likeness (QED) is 0.844. The second-order valence-corrected chi connectivity index (χ2v) is 5.17. The summed E-state index contributed by atoms with van der Waals surface area (Å²) in [5.74, 6) is 0.549. The Morgan fingerprint density at radius 1 is 1.42 bits per heavy atom. The Morgan fingerprint density at radius 2 is 2.05 bits per heavy atom. The number of nitrogens with zero attached hydrogens (tertiary/aromatic N) is 2. The number of rotatable bonds is 2. The van der Waals surface area contributed by atoms with Crippen molar-refractivity contribution in [1.82, 2.24) is 9.88 Å². The van der Waals surface area contributed by atoms with Gasteiger partial charge in [-0.1, -0.05) is 11.6 Å². The Bertz CT molecular complexity index is 471. The lowest BCUT2D eigenvalue weighted by Gasteiger charge is -2.35. The molecule has 1 amide bonds. The van der Waals surface area contributed by atoms with Gasteiger partial charge in [-0.3, -0.25) is 4.79 Å². The van der Waals surface area contributed by atoms with E-state index in [4.69, 9.17) is 16.3 Å². The first-order valence-corrected chi connectivity index (χ1v) is 6.67. The van der Waals surface area contributed by atoms with Crippen LogP contribution in [0.15, 0.2) is 12.1 Å². The van der Waals surface area contributed by atoms with E-state index in [1.165, 1.54) is 0 Å². The van der Waals surface area contributed by atoms with Crippen molar-refractivity contribution in [3.05, 3.63) is 22.8 Å². The zero-order valence-electron chi connectivity index (χ0n) is 11.3. The van der Waals surface area contributed by atoms with Crippen molar-refractivity contribution >= 4 is 23.3 Å². The normalized spacial score (nSPS) is 23.3. The molecule has 5 nitrogen and oxygen atoms in total. The van der Waals surface area contributed by atoms with Gasteiger partial charge < -0.3 is 15.0 Å². The van der Waals surface area contributed by atoms with Crippen molar-refractivity contribution in [1.29, 1.82) is 0 Å². The molecule has 2 rings (SSSR count). The van der Waals surface area contributed by atoms with Gasteiger partial charge in [-0.05, 0) is 26.0 Å². The van der Waals surface area contributed by atoms with Gasteiger partial charge in [-0.2, -0.15) is 0 Å². The Balaban J connectivity index is 2.21. The predicted molar refractivity (Wildman–Crippen MR) is 74.7 cm³/mol. The van der Waals surface area contributed by atoms with Gasteiger partial charge >= 0.3 is 0 Å². The molecule has 0 aliphatic carbocycles. The summed E-state index contributed by atoms with van der Waals surface area (Å²) in [5, 5.41) is 3.20. The van der Waals surface area contributed by atoms with Crippen molar-refractivity contribution in [3.8, 4) is 0 Å². The summed E-state index contributed by atoms with van der Waals surface area (Å²) in [5.41, 5.74) is 0.547. The number of pyridine rings is 1. The maximum absolute atomic E-state index is 12.5. The third-order valence-electron chi connectivity index (χ3n) is 3.00. The molecule has 1 fully saturated rings. The Morgan fingerprint density at radius 3 is 2.63 bits per heavy atom. The fourth-order valence-electron chi connectivity index (χ4n) is 2.27. The third kappa shape index (κ3) is 3.36. The minimum Gasteiger partial charge on any atom is -0.373 e. The van der Waals surface area contributed by atoms with Crippen LogP contribution in [0.5, 0.6) is 0 Å². The van der Waals surface area contributed by atoms with E-state index in [1.54, 1.807) is 24.1 Å². The summed E-state index contributed by atoms with van der Waals surface area (Å²) in [4.78, 5) is 18.3. The standard InChI is InChI=1S/C13H18ClN3O2/c1-8-6-17(7-9(2)19-8)13(18)10-4-11(14)16-12(5-10)15-3/h4-5,8-9H,6-7H2,1-3H3,(H,15,16)/t8-,9+. The van der Waals surface area contributed by atoms with Crippen LogP contribution in [0.2, 0.25) is 5.15 Å². The summed E-state index contributed by atoms with van der Waals surface area (Å²) < 4.78 is 5.63. The molecule has 0 aromatic carbocycles. The highest BCUT2D eigenvalue weighted by Gasteiger charge is 2.27. The van der Waals surface area contributed by atoms with Crippen LogP contribution in [0, 0.1) is 0 Å². The summed E-state index contributed by atoms with van der Waals surface area (Å²) >= 11 is 5.92. The highest BCUT2D eigenvalue weighted by Crippen LogP contribution is 2.18. The molecule has 1 saturated heterocycles. The number of carbonyl (C=O) groups is 1. The topological polar surface area (TPSA) is 54.5 Å². The molecule has 1 aromatic heterocycles. The molecule has 2 heterocycles. The molecule has 0 unspecified atom stereocenters. The maximum atomic E-state index is 12.5. The number of halogens is 1. The second kappa shape index (κ2) is 5.75. The van der Waals surface area contributed by atoms with E-state index >= 15 is 0 Å². The van der Waals surface area contributed by atoms with E-state index in [1.807, 2.05) is 13.8 Å². The van der Waals surface area contributed by atoms with Crippen LogP contribution >= 0.6 is 11.6 Å². The zero-order valence-corrected chi connectivity index (χ0v) is 12.1. The maximum Gasteiger partial charge on any atom is 0.254 e. The number of carbonyl (C=O) groups excluding carboxylic acids is 1. The molecule has 19 heavy (non-hydrogen) atoms. The minimum atomic E-state index is -0.0391. The molecular weight excluding hydrogens is 266 g/mol. The summed E-state index contributed by atoms with van der Waals surface area (Å²) in [6.07, 6.45) is 0.0996. The molecule has 0 bridgehead atoms. The van der Waals surface area contributed by atoms with E-state index in [-0.39, 0.29) is 18.1 Å². The van der Waals surface area contributed by atoms with Crippen molar-refractivity contribution in [2.45, 2.75) is 26.1 Å². The molecule has 0 saturated carbocycles. The summed E-state index contributed by atoms with van der Waals surface area (Å²) in [6.45, 7) is 5.12. The molecule has 1 aromatic rings. The average molecular weight is 284 g/mol. The van der Waals surface area contributed by atoms with E-state index in [0.29, 0.717) is 29.6 Å². The fraction of sp³-hybridized carbons (Fsp3) is 0.538. The highest BCUT2D eigenvalue weighted by atomic mass is 35.5. The smallest absolute Gasteiger partial charge is 0.254 e. The Kier molecular flexibility index (Phi) is 4.27. The van der Waals surface area contributed by atoms with Crippen molar-refractivity contribution in [2.75, 3.05) is 25.5 Å². The lowest BCUT2D eigenvalue weighted by molar-refractivity contribution is -0.0586. The molecule has 0 radical (unpaired) electrons. The van der Waals surface area contributed by atoms with Crippen LogP contribution in [-0.4, -0.2) is 48.1 Å². The number of anilines is 1. The number of ether oxygens (including phenoxy) is 1. The van der Waals surface area contributed by atoms with Gasteiger partial charge in [0.25, 0.3) is 5.91 Å². The third-order valence-corrected chi connectivity index (χ3v) is 3.20. The SMILES string of the molecule is CNc1cc(C(=O)N2C[C@@H](C)O[C@@H](C)C2)cc(Cl)n1. The molecule has 6 heteroatoms. The van der Waals surface area contributed by atoms with Gasteiger partial charge in [-0.25, -0.2) is 4.98 Å². The van der Waals surface area contributed by atoms with Crippen molar-refractivity contribution < 1.29 is 9.53 Å². The van der Waals surface area contributed by atoms with E-state index in [9.17, 15) is 4.79 Å². The lowest BCUT2D eigenvalue weighted by Crippen LogP contribution is -2.48. The van der Waals surface area contributed by atoms with E-state index in [0.717, 1.165) is 0 Å². The van der Waals surface area contributed by atoms with Gasteiger partial charge in [-0.15, -0.1) is 0 Å². The minimum absolute atomic E-state index is 0.0391. The zero-order chi connectivity index (χ0) is 14.0. The lowest BCUT2D eigenvalue weighted by atomic mass is 10.1. The predicted octanol–water partition coefficient (Wildman–Crippen LogP) is 2.03. The first kappa shape index (κ1) is 14.1. The van der Waals surface area contributed by atoms with Crippen LogP contribution in [0.25, 0.3) is 0 Å². The fourth-order valence-corrected chi connectivity index (χ4v) is 2.48. The highest BCUT2D eigenvalue weighted by molar-refractivity contribution is 6.29. The Hall–Kier alpha value is -1.33. The van der Waals surface area contributed by atoms with Gasteiger partial charge in [0.05, 0.1) is 12.2 Å². The van der Waals surface area contributed by atoms with E-state index in [2.05, 4.69) is 10.3 Å². The van der Waals surface area contributed by atoms with Gasteiger partial charge in [0.15, 0.2) is 0 Å². The van der Waals surface area contributed by atoms with Crippen LogP contribution in [0.1, 0.15) is 24.2 Å². The molecule has 2 atom stereocenters. The number of aromatic nitrogens is 1. The largest absolute Gasteiger partial charge is 0.373 e. The second-order valence-electron chi connectivity index (χ2n) is 4.78. The first-order chi connectivity index (χ1) is 8.99. The molecule has 1 N–H and O–H groups in total. The molecule has 1 aliphatic rings. The molecule has 0 spiro atoms. The van der Waals surface area contributed by atoms with Crippen molar-refractivity contribution in [2.24, 2.45) is 0 Å². The molecule has 104 valence electrons. The van der Waals surface area contributed by atoms with E-state index < -0.39 is 0 Å². The number of amides is 1. The number of hydrogen-bond donors (Lipinski definition) is 1. The van der Waals surface area contributed by atoms with Gasteiger partial charge in [0.2, 0.25) is 0 Å². The van der Waals surface area contributed by atoms with Gasteiger partial charge in [0.1, 0.15) is 11.0 Å². The molecular formula is C13H18ClN3O2. The Labute approximate surface area is 117 Å². The number of hydrogen-bond acceptors (Lipinski definition) is 4. The number of morpholine rings is 1. The summed E-state index contributed by atoms with van der Waals surface area (Å²) in [7, 11) is 1.74. The first-order valence-electron chi connectivity index (χ1n) is 6.29. The molecule has 1 aliphatic heterocycles. The van der Waals surface area contributed by atoms with Crippen LogP contribution in [-0.2, 0) is 4.74 Å². The van der Waals surface area contributed by atoms with Crippen LogP contribution in [0.3, 0.4) is 0 Å². The monoisotopic (exact) mass is 283 g/mol. The van der Waals surface area contributed by atoms with Crippen LogP contribution < -0.4 is 5.32 Å². The number of nitrogens with one attached hydrogen (secondary N) is 1. The summed E-state index contributed by atoms with van der Waals surface area (Å²) in [6, 6.07) is 3.30. The van der Waals surface area contributed by atoms with Crippen LogP contribution in [0.4, 0.5) is 5.82 Å². The van der Waals surface area contributed by atoms with Crippen molar-refractivity contribution in [3.63, 3.8) is 0 Å².